The van der Waals surface area contributed by atoms with E-state index >= 15 is 0 Å². The Bertz CT molecular complexity index is 938. The molecule has 0 aliphatic carbocycles. The van der Waals surface area contributed by atoms with Crippen LogP contribution in [0.1, 0.15) is 48.3 Å². The Hall–Kier alpha value is -3.12. The monoisotopic (exact) mass is 407 g/mol. The molecule has 1 aromatic heterocycles. The van der Waals surface area contributed by atoms with Crippen LogP contribution in [0, 0.1) is 0 Å². The van der Waals surface area contributed by atoms with Gasteiger partial charge < -0.3 is 14.8 Å². The van der Waals surface area contributed by atoms with Crippen LogP contribution >= 0.6 is 0 Å². The van der Waals surface area contributed by atoms with Gasteiger partial charge in [-0.2, -0.15) is 5.10 Å². The van der Waals surface area contributed by atoms with E-state index in [-0.39, 0.29) is 5.91 Å². The Balaban J connectivity index is 1.68. The molecule has 30 heavy (non-hydrogen) atoms. The Kier molecular flexibility index (Phi) is 8.03. The highest BCUT2D eigenvalue weighted by Gasteiger charge is 2.16. The van der Waals surface area contributed by atoms with Crippen molar-refractivity contribution in [2.45, 2.75) is 46.4 Å². The fourth-order valence-corrected chi connectivity index (χ4v) is 3.05. The lowest BCUT2D eigenvalue weighted by Crippen LogP contribution is -2.17. The molecule has 2 aromatic carbocycles. The van der Waals surface area contributed by atoms with Crippen LogP contribution in [0.15, 0.2) is 60.7 Å². The van der Waals surface area contributed by atoms with Crippen LogP contribution in [-0.2, 0) is 24.5 Å². The van der Waals surface area contributed by atoms with Crippen molar-refractivity contribution in [3.05, 3.63) is 77.5 Å². The van der Waals surface area contributed by atoms with Gasteiger partial charge in [-0.05, 0) is 30.5 Å². The number of nitrogens with zero attached hydrogens (tertiary/aromatic N) is 2. The number of aryl methyl sites for hydroxylation is 1. The van der Waals surface area contributed by atoms with Crippen molar-refractivity contribution in [1.82, 2.24) is 9.78 Å². The minimum atomic E-state index is -0.212. The lowest BCUT2D eigenvalue weighted by atomic mass is 10.2. The highest BCUT2D eigenvalue weighted by atomic mass is 16.5. The summed E-state index contributed by atoms with van der Waals surface area (Å²) in [5.74, 6) is 1.03. The molecule has 0 spiro atoms. The summed E-state index contributed by atoms with van der Waals surface area (Å²) in [7, 11) is 0. The summed E-state index contributed by atoms with van der Waals surface area (Å²) < 4.78 is 13.3. The minimum Gasteiger partial charge on any atom is -0.493 e. The summed E-state index contributed by atoms with van der Waals surface area (Å²) in [6.07, 6.45) is 1.79. The van der Waals surface area contributed by atoms with E-state index in [2.05, 4.69) is 17.3 Å². The first-order chi connectivity index (χ1) is 14.7. The van der Waals surface area contributed by atoms with Crippen molar-refractivity contribution >= 4 is 11.7 Å². The SMILES string of the molecule is CCCOc1ccccc1C(=O)Nc1cc(COCc2ccccc2)nn1CCC. The van der Waals surface area contributed by atoms with Crippen molar-refractivity contribution in [2.24, 2.45) is 0 Å². The quantitative estimate of drug-likeness (QED) is 0.483. The molecule has 6 nitrogen and oxygen atoms in total. The summed E-state index contributed by atoms with van der Waals surface area (Å²) in [6, 6.07) is 19.2. The van der Waals surface area contributed by atoms with E-state index in [0.717, 1.165) is 24.1 Å². The number of ether oxygens (including phenoxy) is 2. The number of nitrogens with one attached hydrogen (secondary N) is 1. The van der Waals surface area contributed by atoms with Crippen LogP contribution in [0.5, 0.6) is 5.75 Å². The number of rotatable bonds is 11. The number of carbonyl (C=O) groups is 1. The second kappa shape index (κ2) is 11.2. The molecule has 158 valence electrons. The third-order valence-corrected chi connectivity index (χ3v) is 4.46. The molecule has 0 aliphatic rings. The van der Waals surface area contributed by atoms with Crippen LogP contribution in [0.25, 0.3) is 0 Å². The average molecular weight is 408 g/mol. The van der Waals surface area contributed by atoms with Gasteiger partial charge in [0.1, 0.15) is 11.6 Å². The molecule has 3 aromatic rings. The molecule has 0 saturated heterocycles. The molecule has 1 heterocycles. The van der Waals surface area contributed by atoms with Crippen LogP contribution < -0.4 is 10.1 Å². The van der Waals surface area contributed by atoms with Crippen molar-refractivity contribution in [3.63, 3.8) is 0 Å². The first-order valence-corrected chi connectivity index (χ1v) is 10.4. The molecule has 0 fully saturated rings. The molecule has 0 aliphatic heterocycles. The smallest absolute Gasteiger partial charge is 0.260 e. The number of para-hydroxylation sites is 1. The first kappa shape index (κ1) is 21.6. The molecule has 6 heteroatoms. The van der Waals surface area contributed by atoms with E-state index in [9.17, 15) is 4.79 Å². The number of benzene rings is 2. The zero-order chi connectivity index (χ0) is 21.2. The Labute approximate surface area is 177 Å². The highest BCUT2D eigenvalue weighted by Crippen LogP contribution is 2.21. The van der Waals surface area contributed by atoms with Crippen LogP contribution in [0.2, 0.25) is 0 Å². The first-order valence-electron chi connectivity index (χ1n) is 10.4. The molecule has 1 amide bonds. The van der Waals surface area contributed by atoms with Crippen LogP contribution in [0.3, 0.4) is 0 Å². The maximum atomic E-state index is 12.9. The largest absolute Gasteiger partial charge is 0.493 e. The Morgan fingerprint density at radius 2 is 1.77 bits per heavy atom. The number of hydrogen-bond acceptors (Lipinski definition) is 4. The van der Waals surface area contributed by atoms with Gasteiger partial charge >= 0.3 is 0 Å². The number of carbonyl (C=O) groups excluding carboxylic acids is 1. The van der Waals surface area contributed by atoms with Gasteiger partial charge in [0.05, 0.1) is 31.1 Å². The predicted octanol–water partition coefficient (Wildman–Crippen LogP) is 5.05. The third kappa shape index (κ3) is 5.94. The molecule has 0 atom stereocenters. The maximum absolute atomic E-state index is 12.9. The third-order valence-electron chi connectivity index (χ3n) is 4.46. The van der Waals surface area contributed by atoms with Gasteiger partial charge in [-0.1, -0.05) is 56.3 Å². The fourth-order valence-electron chi connectivity index (χ4n) is 3.05. The number of amides is 1. The summed E-state index contributed by atoms with van der Waals surface area (Å²) in [6.45, 7) is 6.29. The summed E-state index contributed by atoms with van der Waals surface area (Å²) in [5.41, 5.74) is 2.41. The van der Waals surface area contributed by atoms with Crippen molar-refractivity contribution in [3.8, 4) is 5.75 Å². The van der Waals surface area contributed by atoms with E-state index in [1.807, 2.05) is 66.2 Å². The van der Waals surface area contributed by atoms with Crippen molar-refractivity contribution < 1.29 is 14.3 Å². The summed E-state index contributed by atoms with van der Waals surface area (Å²) >= 11 is 0. The topological polar surface area (TPSA) is 65.4 Å². The van der Waals surface area contributed by atoms with E-state index in [4.69, 9.17) is 9.47 Å². The van der Waals surface area contributed by atoms with Crippen LogP contribution in [-0.4, -0.2) is 22.3 Å². The molecule has 0 unspecified atom stereocenters. The molecule has 0 radical (unpaired) electrons. The lowest BCUT2D eigenvalue weighted by molar-refractivity contribution is 0.102. The number of anilines is 1. The molecular weight excluding hydrogens is 378 g/mol. The van der Waals surface area contributed by atoms with Crippen LogP contribution in [0.4, 0.5) is 5.82 Å². The summed E-state index contributed by atoms with van der Waals surface area (Å²) in [4.78, 5) is 12.9. The lowest BCUT2D eigenvalue weighted by Gasteiger charge is -2.12. The molecule has 0 saturated carbocycles. The molecular formula is C24H29N3O3. The Morgan fingerprint density at radius 1 is 1.00 bits per heavy atom. The van der Waals surface area contributed by atoms with Gasteiger partial charge in [0.25, 0.3) is 5.91 Å². The van der Waals surface area contributed by atoms with E-state index in [0.29, 0.717) is 43.5 Å². The number of aromatic nitrogens is 2. The zero-order valence-electron chi connectivity index (χ0n) is 17.6. The molecule has 1 N–H and O–H groups in total. The maximum Gasteiger partial charge on any atom is 0.260 e. The van der Waals surface area contributed by atoms with Gasteiger partial charge in [0.2, 0.25) is 0 Å². The minimum absolute atomic E-state index is 0.212. The molecule has 0 bridgehead atoms. The van der Waals surface area contributed by atoms with Gasteiger partial charge in [0, 0.05) is 12.6 Å². The standard InChI is InChI=1S/C24H29N3O3/c1-3-14-27-23(16-20(26-27)18-29-17-19-10-6-5-7-11-19)25-24(28)21-12-8-9-13-22(21)30-15-4-2/h5-13,16H,3-4,14-15,17-18H2,1-2H3,(H,25,28). The Morgan fingerprint density at radius 3 is 2.53 bits per heavy atom. The highest BCUT2D eigenvalue weighted by molar-refractivity contribution is 6.05. The van der Waals surface area contributed by atoms with E-state index in [1.165, 1.54) is 0 Å². The fraction of sp³-hybridized carbons (Fsp3) is 0.333. The average Bonchev–Trinajstić information content (AvgIpc) is 3.14. The second-order valence-electron chi connectivity index (χ2n) is 7.02. The predicted molar refractivity (Wildman–Crippen MR) is 118 cm³/mol. The zero-order valence-corrected chi connectivity index (χ0v) is 17.6. The van der Waals surface area contributed by atoms with Crippen molar-refractivity contribution in [2.75, 3.05) is 11.9 Å². The van der Waals surface area contributed by atoms with Gasteiger partial charge in [0.15, 0.2) is 0 Å². The van der Waals surface area contributed by atoms with Gasteiger partial charge in [-0.15, -0.1) is 0 Å². The van der Waals surface area contributed by atoms with Gasteiger partial charge in [-0.25, -0.2) is 4.68 Å². The summed E-state index contributed by atoms with van der Waals surface area (Å²) in [5, 5.41) is 7.58. The van der Waals surface area contributed by atoms with Gasteiger partial charge in [-0.3, -0.25) is 4.79 Å². The van der Waals surface area contributed by atoms with E-state index < -0.39 is 0 Å². The van der Waals surface area contributed by atoms with E-state index in [1.54, 1.807) is 6.07 Å². The number of hydrogen-bond donors (Lipinski definition) is 1. The second-order valence-corrected chi connectivity index (χ2v) is 7.02. The normalized spacial score (nSPS) is 10.7. The van der Waals surface area contributed by atoms with Crippen molar-refractivity contribution in [1.29, 1.82) is 0 Å². The molecule has 3 rings (SSSR count).